The average molecular weight is 416 g/mol. The van der Waals surface area contributed by atoms with Crippen molar-refractivity contribution < 1.29 is 18.5 Å². The Kier molecular flexibility index (Phi) is 6.23. The van der Waals surface area contributed by atoms with Crippen molar-refractivity contribution >= 4 is 23.4 Å². The van der Waals surface area contributed by atoms with E-state index < -0.39 is 10.2 Å². The molecule has 0 aliphatic rings. The molecule has 0 aliphatic heterocycles. The molecular formula is C19H17FN4O4S. The second-order valence-corrected chi connectivity index (χ2v) is 7.56. The molecule has 150 valence electrons. The first kappa shape index (κ1) is 20.5. The summed E-state index contributed by atoms with van der Waals surface area (Å²) in [5.41, 5.74) is 1.02. The molecule has 0 N–H and O–H groups in total. The van der Waals surface area contributed by atoms with Crippen LogP contribution < -0.4 is 0 Å². The number of halogens is 1. The molecule has 1 amide bonds. The number of thioether (sulfide) groups is 1. The molecule has 0 saturated carbocycles. The Hall–Kier alpha value is -3.27. The second kappa shape index (κ2) is 8.82. The lowest BCUT2D eigenvalue weighted by atomic mass is 10.2. The molecule has 1 heterocycles. The van der Waals surface area contributed by atoms with Gasteiger partial charge in [-0.2, -0.15) is 0 Å². The monoisotopic (exact) mass is 416 g/mol. The summed E-state index contributed by atoms with van der Waals surface area (Å²) in [6, 6.07) is 11.9. The van der Waals surface area contributed by atoms with Gasteiger partial charge in [0, 0.05) is 31.3 Å². The predicted octanol–water partition coefficient (Wildman–Crippen LogP) is 3.92. The number of nitro groups is 1. The minimum absolute atomic E-state index is 0.0857. The Morgan fingerprint density at radius 3 is 2.76 bits per heavy atom. The van der Waals surface area contributed by atoms with E-state index in [9.17, 15) is 19.3 Å². The first-order valence-corrected chi connectivity index (χ1v) is 9.46. The molecule has 10 heteroatoms. The van der Waals surface area contributed by atoms with Crippen LogP contribution in [0.5, 0.6) is 0 Å². The maximum Gasteiger partial charge on any atom is 0.277 e. The minimum Gasteiger partial charge on any atom is -0.411 e. The number of nitrogens with zero attached hydrogens (tertiary/aromatic N) is 4. The van der Waals surface area contributed by atoms with Crippen molar-refractivity contribution in [1.29, 1.82) is 0 Å². The summed E-state index contributed by atoms with van der Waals surface area (Å²) in [6.45, 7) is 1.97. The van der Waals surface area contributed by atoms with Gasteiger partial charge in [-0.25, -0.2) is 4.39 Å². The molecule has 0 spiro atoms. The van der Waals surface area contributed by atoms with Gasteiger partial charge in [0.25, 0.3) is 10.9 Å². The fourth-order valence-corrected chi connectivity index (χ4v) is 3.42. The summed E-state index contributed by atoms with van der Waals surface area (Å²) in [5.74, 6) is -0.413. The normalized spacial score (nSPS) is 11.8. The number of amides is 1. The highest BCUT2D eigenvalue weighted by Crippen LogP contribution is 2.28. The van der Waals surface area contributed by atoms with Crippen molar-refractivity contribution in [2.75, 3.05) is 7.05 Å². The molecule has 3 aromatic rings. The van der Waals surface area contributed by atoms with E-state index in [2.05, 4.69) is 10.2 Å². The van der Waals surface area contributed by atoms with Crippen LogP contribution in [0.2, 0.25) is 0 Å². The zero-order valence-corrected chi connectivity index (χ0v) is 16.4. The third kappa shape index (κ3) is 5.17. The van der Waals surface area contributed by atoms with E-state index in [1.54, 1.807) is 32.2 Å². The van der Waals surface area contributed by atoms with E-state index in [0.717, 1.165) is 11.8 Å². The Labute approximate surface area is 169 Å². The van der Waals surface area contributed by atoms with Gasteiger partial charge in [-0.3, -0.25) is 14.9 Å². The molecule has 8 nitrogen and oxygen atoms in total. The fraction of sp³-hybridized carbons (Fsp3) is 0.211. The van der Waals surface area contributed by atoms with Crippen molar-refractivity contribution in [3.63, 3.8) is 0 Å². The van der Waals surface area contributed by atoms with Crippen molar-refractivity contribution in [3.8, 4) is 11.5 Å². The van der Waals surface area contributed by atoms with Crippen LogP contribution in [-0.2, 0) is 11.3 Å². The van der Waals surface area contributed by atoms with Crippen LogP contribution in [0.25, 0.3) is 11.5 Å². The number of aromatic nitrogens is 2. The summed E-state index contributed by atoms with van der Waals surface area (Å²) in [5, 5.41) is 18.3. The third-order valence-corrected chi connectivity index (χ3v) is 4.94. The van der Waals surface area contributed by atoms with E-state index in [0.29, 0.717) is 11.1 Å². The number of nitro benzene ring substituents is 1. The van der Waals surface area contributed by atoms with Gasteiger partial charge >= 0.3 is 0 Å². The fourth-order valence-electron chi connectivity index (χ4n) is 2.63. The molecular weight excluding hydrogens is 399 g/mol. The Morgan fingerprint density at radius 1 is 1.28 bits per heavy atom. The highest BCUT2D eigenvalue weighted by atomic mass is 32.2. The standard InChI is InChI=1S/C19H17FN4O4S/c1-12(18(25)23(2)11-13-5-3-7-15(20)9-13)29-19-22-21-17(28-19)14-6-4-8-16(10-14)24(26)27/h3-10,12H,11H2,1-2H3/t12-/m1/s1. The molecule has 29 heavy (non-hydrogen) atoms. The third-order valence-electron chi connectivity index (χ3n) is 4.02. The SMILES string of the molecule is C[C@@H](Sc1nnc(-c2cccc([N+](=O)[O-])c2)o1)C(=O)N(C)Cc1cccc(F)c1. The molecule has 0 radical (unpaired) electrons. The highest BCUT2D eigenvalue weighted by molar-refractivity contribution is 8.00. The molecule has 3 rings (SSSR count). The van der Waals surface area contributed by atoms with Gasteiger partial charge in [0.2, 0.25) is 11.8 Å². The lowest BCUT2D eigenvalue weighted by Gasteiger charge is -2.20. The van der Waals surface area contributed by atoms with Crippen LogP contribution in [0.15, 0.2) is 58.2 Å². The molecule has 1 atom stereocenters. The maximum absolute atomic E-state index is 13.3. The summed E-state index contributed by atoms with van der Waals surface area (Å²) >= 11 is 1.08. The average Bonchev–Trinajstić information content (AvgIpc) is 3.16. The number of benzene rings is 2. The number of hydrogen-bond acceptors (Lipinski definition) is 7. The smallest absolute Gasteiger partial charge is 0.277 e. The molecule has 0 unspecified atom stereocenters. The van der Waals surface area contributed by atoms with E-state index in [1.807, 2.05) is 0 Å². The largest absolute Gasteiger partial charge is 0.411 e. The van der Waals surface area contributed by atoms with Gasteiger partial charge < -0.3 is 9.32 Å². The Bertz CT molecular complexity index is 1040. The number of carbonyl (C=O) groups is 1. The lowest BCUT2D eigenvalue weighted by molar-refractivity contribution is -0.384. The van der Waals surface area contributed by atoms with Crippen LogP contribution in [0.3, 0.4) is 0 Å². The zero-order chi connectivity index (χ0) is 21.0. The van der Waals surface area contributed by atoms with Gasteiger partial charge in [-0.1, -0.05) is 30.0 Å². The van der Waals surface area contributed by atoms with Crippen LogP contribution in [0.1, 0.15) is 12.5 Å². The lowest BCUT2D eigenvalue weighted by Crippen LogP contribution is -2.32. The van der Waals surface area contributed by atoms with Gasteiger partial charge in [-0.05, 0) is 30.7 Å². The summed E-state index contributed by atoms with van der Waals surface area (Å²) in [4.78, 5) is 24.5. The summed E-state index contributed by atoms with van der Waals surface area (Å²) in [7, 11) is 1.63. The number of carbonyl (C=O) groups excluding carboxylic acids is 1. The van der Waals surface area contributed by atoms with E-state index in [-0.39, 0.29) is 35.1 Å². The van der Waals surface area contributed by atoms with Crippen molar-refractivity contribution in [2.45, 2.75) is 23.9 Å². The molecule has 2 aromatic carbocycles. The van der Waals surface area contributed by atoms with Gasteiger partial charge in [0.1, 0.15) is 5.82 Å². The highest BCUT2D eigenvalue weighted by Gasteiger charge is 2.22. The quantitative estimate of drug-likeness (QED) is 0.327. The molecule has 1 aromatic heterocycles. The first-order chi connectivity index (χ1) is 13.8. The van der Waals surface area contributed by atoms with Crippen molar-refractivity contribution in [2.24, 2.45) is 0 Å². The number of hydrogen-bond donors (Lipinski definition) is 0. The van der Waals surface area contributed by atoms with Crippen LogP contribution in [-0.4, -0.2) is 38.2 Å². The summed E-state index contributed by atoms with van der Waals surface area (Å²) in [6.07, 6.45) is 0. The van der Waals surface area contributed by atoms with Crippen LogP contribution in [0.4, 0.5) is 10.1 Å². The molecule has 0 aliphatic carbocycles. The van der Waals surface area contributed by atoms with E-state index in [1.165, 1.54) is 35.2 Å². The maximum atomic E-state index is 13.3. The van der Waals surface area contributed by atoms with Crippen molar-refractivity contribution in [1.82, 2.24) is 15.1 Å². The topological polar surface area (TPSA) is 102 Å². The minimum atomic E-state index is -0.521. The van der Waals surface area contributed by atoms with E-state index in [4.69, 9.17) is 4.42 Å². The van der Waals surface area contributed by atoms with Crippen LogP contribution >= 0.6 is 11.8 Å². The Morgan fingerprint density at radius 2 is 2.03 bits per heavy atom. The van der Waals surface area contributed by atoms with E-state index >= 15 is 0 Å². The summed E-state index contributed by atoms with van der Waals surface area (Å²) < 4.78 is 18.8. The Balaban J connectivity index is 1.65. The number of rotatable bonds is 7. The molecule has 0 saturated heterocycles. The molecule has 0 bridgehead atoms. The van der Waals surface area contributed by atoms with Crippen LogP contribution in [0, 0.1) is 15.9 Å². The first-order valence-electron chi connectivity index (χ1n) is 8.58. The second-order valence-electron chi connectivity index (χ2n) is 6.26. The van der Waals surface area contributed by atoms with Gasteiger partial charge in [-0.15, -0.1) is 10.2 Å². The van der Waals surface area contributed by atoms with Crippen molar-refractivity contribution in [3.05, 3.63) is 70.0 Å². The molecule has 0 fully saturated rings. The number of non-ortho nitro benzene ring substituents is 1. The predicted molar refractivity (Wildman–Crippen MR) is 105 cm³/mol. The zero-order valence-electron chi connectivity index (χ0n) is 15.6. The van der Waals surface area contributed by atoms with Gasteiger partial charge in [0.15, 0.2) is 0 Å². The van der Waals surface area contributed by atoms with Gasteiger partial charge in [0.05, 0.1) is 10.2 Å².